The predicted molar refractivity (Wildman–Crippen MR) is 66.9 cm³/mol. The summed E-state index contributed by atoms with van der Waals surface area (Å²) in [6, 6.07) is 14.7. The maximum absolute atomic E-state index is 12.2. The van der Waals surface area contributed by atoms with Gasteiger partial charge in [0.25, 0.3) is 0 Å². The van der Waals surface area contributed by atoms with Crippen LogP contribution in [-0.2, 0) is 0 Å². The Bertz CT molecular complexity index is 686. The van der Waals surface area contributed by atoms with Crippen molar-refractivity contribution in [2.24, 2.45) is 0 Å². The smallest absolute Gasteiger partial charge is 0.234 e. The Morgan fingerprint density at radius 1 is 0.812 bits per heavy atom. The van der Waals surface area contributed by atoms with Gasteiger partial charge in [-0.2, -0.15) is 0 Å². The Morgan fingerprint density at radius 2 is 1.25 bits per heavy atom. The number of aromatic nitrogens is 1. The molecular weight excluding hydrogens is 197 g/mol. The van der Waals surface area contributed by atoms with Crippen molar-refractivity contribution in [2.75, 3.05) is 0 Å². The average Bonchev–Trinajstić information content (AvgIpc) is 2.36. The van der Waals surface area contributed by atoms with E-state index in [4.69, 9.17) is 7.98 Å². The number of para-hydroxylation sites is 2. The number of benzene rings is 2. The number of pyridine rings is 1. The SMILES string of the molecule is [B]n1c2ccccc2c(=O)c2ccccc21. The Kier molecular flexibility index (Phi) is 1.87. The van der Waals surface area contributed by atoms with E-state index in [9.17, 15) is 4.79 Å². The summed E-state index contributed by atoms with van der Waals surface area (Å²) in [5.41, 5.74) is 1.55. The van der Waals surface area contributed by atoms with Crippen molar-refractivity contribution in [3.63, 3.8) is 0 Å². The lowest BCUT2D eigenvalue weighted by molar-refractivity contribution is 1.35. The maximum atomic E-state index is 12.2. The van der Waals surface area contributed by atoms with Gasteiger partial charge in [0.15, 0.2) is 5.43 Å². The molecule has 2 nitrogen and oxygen atoms in total. The van der Waals surface area contributed by atoms with Crippen LogP contribution in [0.5, 0.6) is 0 Å². The lowest BCUT2D eigenvalue weighted by Crippen LogP contribution is -2.09. The molecule has 0 N–H and O–H groups in total. The number of hydrogen-bond acceptors (Lipinski definition) is 1. The second-order valence-electron chi connectivity index (χ2n) is 3.73. The van der Waals surface area contributed by atoms with E-state index in [1.807, 2.05) is 36.4 Å². The summed E-state index contributed by atoms with van der Waals surface area (Å²) in [6.07, 6.45) is 0. The van der Waals surface area contributed by atoms with Crippen LogP contribution in [0.4, 0.5) is 0 Å². The first kappa shape index (κ1) is 9.22. The van der Waals surface area contributed by atoms with Crippen molar-refractivity contribution in [3.8, 4) is 0 Å². The van der Waals surface area contributed by atoms with E-state index < -0.39 is 0 Å². The van der Waals surface area contributed by atoms with Gasteiger partial charge in [-0.25, -0.2) is 0 Å². The molecule has 0 amide bonds. The van der Waals surface area contributed by atoms with Gasteiger partial charge in [-0.15, -0.1) is 0 Å². The van der Waals surface area contributed by atoms with Crippen LogP contribution in [0.2, 0.25) is 0 Å². The third kappa shape index (κ3) is 1.11. The molecule has 0 aliphatic carbocycles. The fourth-order valence-corrected chi connectivity index (χ4v) is 2.03. The largest absolute Gasteiger partial charge is 0.397 e. The van der Waals surface area contributed by atoms with Gasteiger partial charge < -0.3 is 4.48 Å². The topological polar surface area (TPSA) is 22.0 Å². The van der Waals surface area contributed by atoms with Crippen LogP contribution < -0.4 is 5.43 Å². The molecule has 2 aromatic carbocycles. The van der Waals surface area contributed by atoms with Crippen molar-refractivity contribution in [1.29, 1.82) is 0 Å². The highest BCUT2D eigenvalue weighted by Crippen LogP contribution is 2.16. The Labute approximate surface area is 93.6 Å². The molecule has 3 heteroatoms. The van der Waals surface area contributed by atoms with Crippen molar-refractivity contribution in [3.05, 3.63) is 58.8 Å². The number of rotatable bonds is 0. The van der Waals surface area contributed by atoms with Crippen LogP contribution in [-0.4, -0.2) is 12.5 Å². The molecule has 2 radical (unpaired) electrons. The molecule has 3 aromatic rings. The van der Waals surface area contributed by atoms with E-state index in [1.165, 1.54) is 0 Å². The van der Waals surface area contributed by atoms with Gasteiger partial charge in [0.1, 0.15) is 0 Å². The van der Waals surface area contributed by atoms with Crippen molar-refractivity contribution in [2.45, 2.75) is 0 Å². The molecule has 74 valence electrons. The molecule has 16 heavy (non-hydrogen) atoms. The lowest BCUT2D eigenvalue weighted by Gasteiger charge is -2.09. The number of fused-ring (bicyclic) bond motifs is 2. The summed E-state index contributed by atoms with van der Waals surface area (Å²) in [4.78, 5) is 12.2. The molecule has 0 aliphatic rings. The molecule has 1 heterocycles. The van der Waals surface area contributed by atoms with Gasteiger partial charge in [0.2, 0.25) is 7.98 Å². The van der Waals surface area contributed by atoms with E-state index in [0.29, 0.717) is 10.8 Å². The van der Waals surface area contributed by atoms with E-state index in [0.717, 1.165) is 11.0 Å². The molecule has 0 spiro atoms. The summed E-state index contributed by atoms with van der Waals surface area (Å²) in [6.45, 7) is 0. The maximum Gasteiger partial charge on any atom is 0.234 e. The zero-order chi connectivity index (χ0) is 11.1. The molecule has 0 fully saturated rings. The molecule has 0 unspecified atom stereocenters. The van der Waals surface area contributed by atoms with Crippen LogP contribution in [0, 0.1) is 0 Å². The molecule has 0 atom stereocenters. The van der Waals surface area contributed by atoms with E-state index in [2.05, 4.69) is 0 Å². The molecular formula is C13H8BNO. The van der Waals surface area contributed by atoms with Gasteiger partial charge >= 0.3 is 0 Å². The van der Waals surface area contributed by atoms with E-state index >= 15 is 0 Å². The van der Waals surface area contributed by atoms with Crippen molar-refractivity contribution >= 4 is 29.8 Å². The van der Waals surface area contributed by atoms with Crippen LogP contribution in [0.1, 0.15) is 0 Å². The summed E-state index contributed by atoms with van der Waals surface area (Å²) < 4.78 is 1.56. The van der Waals surface area contributed by atoms with Crippen LogP contribution in [0.3, 0.4) is 0 Å². The number of nitrogens with zero attached hydrogens (tertiary/aromatic N) is 1. The minimum atomic E-state index is 0.0351. The quantitative estimate of drug-likeness (QED) is 0.406. The first-order valence-corrected chi connectivity index (χ1v) is 5.06. The van der Waals surface area contributed by atoms with Gasteiger partial charge in [-0.3, -0.25) is 4.79 Å². The second kappa shape index (κ2) is 3.24. The van der Waals surface area contributed by atoms with Gasteiger partial charge in [0.05, 0.1) is 0 Å². The van der Waals surface area contributed by atoms with E-state index in [1.54, 1.807) is 16.6 Å². The van der Waals surface area contributed by atoms with Crippen LogP contribution >= 0.6 is 0 Å². The highest BCUT2D eigenvalue weighted by molar-refractivity contribution is 6.16. The normalized spacial score (nSPS) is 11.0. The summed E-state index contributed by atoms with van der Waals surface area (Å²) in [7, 11) is 6.00. The molecule has 0 aliphatic heterocycles. The zero-order valence-corrected chi connectivity index (χ0v) is 8.55. The lowest BCUT2D eigenvalue weighted by atomic mass is 10.1. The van der Waals surface area contributed by atoms with Gasteiger partial charge in [-0.1, -0.05) is 24.3 Å². The first-order valence-electron chi connectivity index (χ1n) is 5.06. The minimum Gasteiger partial charge on any atom is -0.397 e. The fraction of sp³-hybridized carbons (Fsp3) is 0. The average molecular weight is 205 g/mol. The molecule has 0 bridgehead atoms. The van der Waals surface area contributed by atoms with Gasteiger partial charge in [0, 0.05) is 21.8 Å². The fourth-order valence-electron chi connectivity index (χ4n) is 2.03. The van der Waals surface area contributed by atoms with E-state index in [-0.39, 0.29) is 5.43 Å². The summed E-state index contributed by atoms with van der Waals surface area (Å²) in [5, 5.41) is 1.31. The van der Waals surface area contributed by atoms with Crippen LogP contribution in [0.25, 0.3) is 21.8 Å². The summed E-state index contributed by atoms with van der Waals surface area (Å²) >= 11 is 0. The summed E-state index contributed by atoms with van der Waals surface area (Å²) in [5.74, 6) is 0. The minimum absolute atomic E-state index is 0.0351. The standard InChI is InChI=1S/C13H8BNO/c14-15-11-7-3-1-5-9(11)13(16)10-6-2-4-8-12(10)15/h1-8H. The molecule has 0 saturated heterocycles. The third-order valence-corrected chi connectivity index (χ3v) is 2.82. The Hall–Kier alpha value is -2.03. The molecule has 1 aromatic heterocycles. The van der Waals surface area contributed by atoms with Gasteiger partial charge in [-0.05, 0) is 24.3 Å². The molecule has 3 rings (SSSR count). The van der Waals surface area contributed by atoms with Crippen LogP contribution in [0.15, 0.2) is 53.3 Å². The van der Waals surface area contributed by atoms with Crippen molar-refractivity contribution < 1.29 is 0 Å². The molecule has 0 saturated carbocycles. The highest BCUT2D eigenvalue weighted by atomic mass is 16.1. The Balaban J connectivity index is 2.73. The Morgan fingerprint density at radius 3 is 1.75 bits per heavy atom. The monoisotopic (exact) mass is 205 g/mol. The zero-order valence-electron chi connectivity index (χ0n) is 8.55. The first-order chi connectivity index (χ1) is 7.79. The van der Waals surface area contributed by atoms with Crippen molar-refractivity contribution in [1.82, 2.24) is 4.48 Å². The third-order valence-electron chi connectivity index (χ3n) is 2.82. The second-order valence-corrected chi connectivity index (χ2v) is 3.73. The predicted octanol–water partition coefficient (Wildman–Crippen LogP) is 2.09. The number of hydrogen-bond donors (Lipinski definition) is 0. The highest BCUT2D eigenvalue weighted by Gasteiger charge is 2.06.